The summed E-state index contributed by atoms with van der Waals surface area (Å²) < 4.78 is 0. The average Bonchev–Trinajstić information content (AvgIpc) is 3.39. The highest BCUT2D eigenvalue weighted by molar-refractivity contribution is 5.91. The third-order valence-electron chi connectivity index (χ3n) is 11.8. The molecule has 2 aromatic heterocycles. The van der Waals surface area contributed by atoms with Crippen molar-refractivity contribution in [3.05, 3.63) is 243 Å². The molecule has 4 nitrogen and oxygen atoms in total. The Morgan fingerprint density at radius 3 is 1.23 bits per heavy atom. The van der Waals surface area contributed by atoms with Crippen molar-refractivity contribution >= 4 is 10.8 Å². The lowest BCUT2D eigenvalue weighted by Crippen LogP contribution is -2.02. The largest absolute Gasteiger partial charge is 0.248 e. The molecule has 0 amide bonds. The second kappa shape index (κ2) is 17.0. The molecule has 64 heavy (non-hydrogen) atoms. The van der Waals surface area contributed by atoms with Gasteiger partial charge < -0.3 is 0 Å². The van der Waals surface area contributed by atoms with Crippen LogP contribution in [0.5, 0.6) is 0 Å². The van der Waals surface area contributed by atoms with E-state index in [1.165, 1.54) is 10.8 Å². The number of nitrogens with zero attached hydrogens (tertiary/aromatic N) is 4. The Labute approximate surface area is 373 Å². The topological polar surface area (TPSA) is 51.6 Å². The van der Waals surface area contributed by atoms with Crippen LogP contribution < -0.4 is 0 Å². The summed E-state index contributed by atoms with van der Waals surface area (Å²) in [6, 6.07) is 84.6. The maximum Gasteiger partial charge on any atom is 0.164 e. The molecule has 300 valence electrons. The van der Waals surface area contributed by atoms with E-state index in [0.717, 1.165) is 83.7 Å². The quantitative estimate of drug-likeness (QED) is 0.146. The van der Waals surface area contributed by atoms with Crippen molar-refractivity contribution < 1.29 is 0 Å². The first kappa shape index (κ1) is 38.3. The van der Waals surface area contributed by atoms with Crippen LogP contribution in [0.2, 0.25) is 0 Å². The van der Waals surface area contributed by atoms with Crippen LogP contribution in [0.3, 0.4) is 0 Å². The van der Waals surface area contributed by atoms with Crippen LogP contribution in [0.4, 0.5) is 0 Å². The van der Waals surface area contributed by atoms with E-state index in [1.807, 2.05) is 30.3 Å². The van der Waals surface area contributed by atoms with Gasteiger partial charge in [0.25, 0.3) is 0 Å². The van der Waals surface area contributed by atoms with Gasteiger partial charge in [0.15, 0.2) is 17.5 Å². The van der Waals surface area contributed by atoms with Gasteiger partial charge in [0.1, 0.15) is 0 Å². The van der Waals surface area contributed by atoms with E-state index >= 15 is 0 Å². The molecular weight excluding hydrogens is 777 g/mol. The molecule has 0 N–H and O–H groups in total. The summed E-state index contributed by atoms with van der Waals surface area (Å²) in [5.74, 6) is 1.81. The standard InChI is InChI=1S/C60H40N4/c1-4-20-42(21-5-1)50-29-13-16-33-54(50)59-62-58(63-60(64-59)55-34-17-14-30-51(55)43-22-6-2-7-23-43)48-28-18-27-47(38-48)52-31-12-15-32-53(52)57-40-49(39-56(61-57)44-24-8-3-9-25-44)46-36-35-41-19-10-11-26-45(41)37-46/h1-40H. The first-order chi connectivity index (χ1) is 31.7. The summed E-state index contributed by atoms with van der Waals surface area (Å²) in [6.45, 7) is 0. The van der Waals surface area contributed by atoms with Gasteiger partial charge in [-0.3, -0.25) is 0 Å². The molecule has 2 heterocycles. The van der Waals surface area contributed by atoms with Gasteiger partial charge in [0.2, 0.25) is 0 Å². The van der Waals surface area contributed by atoms with Crippen LogP contribution >= 0.6 is 0 Å². The number of aromatic nitrogens is 4. The summed E-state index contributed by atoms with van der Waals surface area (Å²) >= 11 is 0. The molecule has 0 radical (unpaired) electrons. The molecule has 0 saturated carbocycles. The minimum absolute atomic E-state index is 0.591. The predicted octanol–water partition coefficient (Wildman–Crippen LogP) is 15.4. The Morgan fingerprint density at radius 1 is 0.188 bits per heavy atom. The van der Waals surface area contributed by atoms with Gasteiger partial charge in [-0.25, -0.2) is 19.9 Å². The highest BCUT2D eigenvalue weighted by Crippen LogP contribution is 2.39. The second-order valence-corrected chi connectivity index (χ2v) is 15.8. The van der Waals surface area contributed by atoms with Gasteiger partial charge in [0, 0.05) is 27.8 Å². The minimum atomic E-state index is 0.591. The van der Waals surface area contributed by atoms with Crippen molar-refractivity contribution in [3.63, 3.8) is 0 Å². The highest BCUT2D eigenvalue weighted by Gasteiger charge is 2.19. The number of rotatable bonds is 9. The van der Waals surface area contributed by atoms with E-state index in [4.69, 9.17) is 19.9 Å². The molecular formula is C60H40N4. The van der Waals surface area contributed by atoms with Crippen molar-refractivity contribution in [2.45, 2.75) is 0 Å². The fourth-order valence-corrected chi connectivity index (χ4v) is 8.59. The zero-order chi connectivity index (χ0) is 42.7. The van der Waals surface area contributed by atoms with Crippen molar-refractivity contribution in [3.8, 4) is 101 Å². The predicted molar refractivity (Wildman–Crippen MR) is 264 cm³/mol. The molecule has 11 aromatic rings. The Bertz CT molecular complexity index is 3340. The van der Waals surface area contributed by atoms with Crippen LogP contribution in [0.15, 0.2) is 243 Å². The molecule has 0 spiro atoms. The first-order valence-electron chi connectivity index (χ1n) is 21.5. The van der Waals surface area contributed by atoms with Gasteiger partial charge in [-0.15, -0.1) is 0 Å². The minimum Gasteiger partial charge on any atom is -0.248 e. The van der Waals surface area contributed by atoms with Crippen LogP contribution in [0, 0.1) is 0 Å². The summed E-state index contributed by atoms with van der Waals surface area (Å²) in [5, 5.41) is 2.42. The molecule has 0 aliphatic carbocycles. The summed E-state index contributed by atoms with van der Waals surface area (Å²) in [6.07, 6.45) is 0. The Balaban J connectivity index is 1.07. The molecule has 0 aliphatic heterocycles. The van der Waals surface area contributed by atoms with Crippen molar-refractivity contribution in [1.29, 1.82) is 0 Å². The third kappa shape index (κ3) is 7.65. The molecule has 0 bridgehead atoms. The molecule has 9 aromatic carbocycles. The number of fused-ring (bicyclic) bond motifs is 1. The van der Waals surface area contributed by atoms with Gasteiger partial charge in [-0.1, -0.05) is 218 Å². The molecule has 0 aliphatic rings. The summed E-state index contributed by atoms with van der Waals surface area (Å²) in [5.41, 5.74) is 15.3. The number of benzene rings is 9. The fourth-order valence-electron chi connectivity index (χ4n) is 8.59. The van der Waals surface area contributed by atoms with Crippen LogP contribution in [0.1, 0.15) is 0 Å². The third-order valence-corrected chi connectivity index (χ3v) is 11.8. The summed E-state index contributed by atoms with van der Waals surface area (Å²) in [7, 11) is 0. The second-order valence-electron chi connectivity index (χ2n) is 15.8. The Morgan fingerprint density at radius 2 is 0.625 bits per heavy atom. The molecule has 4 heteroatoms. The lowest BCUT2D eigenvalue weighted by molar-refractivity contribution is 1.07. The monoisotopic (exact) mass is 816 g/mol. The van der Waals surface area contributed by atoms with Gasteiger partial charge in [-0.05, 0) is 79.5 Å². The SMILES string of the molecule is c1ccc(-c2cc(-c3ccc4ccccc4c3)cc(-c3ccccc3-c3cccc(-c4nc(-c5ccccc5-c5ccccc5)nc(-c5ccccc5-c5ccccc5)n4)c3)n2)cc1. The number of hydrogen-bond acceptors (Lipinski definition) is 4. The van der Waals surface area contributed by atoms with E-state index in [1.54, 1.807) is 0 Å². The molecule has 0 fully saturated rings. The zero-order valence-corrected chi connectivity index (χ0v) is 34.9. The smallest absolute Gasteiger partial charge is 0.164 e. The van der Waals surface area contributed by atoms with Crippen molar-refractivity contribution in [2.75, 3.05) is 0 Å². The molecule has 11 rings (SSSR count). The lowest BCUT2D eigenvalue weighted by atomic mass is 9.93. The lowest BCUT2D eigenvalue weighted by Gasteiger charge is -2.15. The van der Waals surface area contributed by atoms with E-state index in [9.17, 15) is 0 Å². The first-order valence-corrected chi connectivity index (χ1v) is 21.5. The van der Waals surface area contributed by atoms with E-state index in [0.29, 0.717) is 17.5 Å². The Hall–Kier alpha value is -8.60. The number of hydrogen-bond donors (Lipinski definition) is 0. The van der Waals surface area contributed by atoms with Gasteiger partial charge in [-0.2, -0.15) is 0 Å². The highest BCUT2D eigenvalue weighted by atomic mass is 15.0. The van der Waals surface area contributed by atoms with E-state index in [2.05, 4.69) is 212 Å². The van der Waals surface area contributed by atoms with Gasteiger partial charge in [0.05, 0.1) is 11.4 Å². The zero-order valence-electron chi connectivity index (χ0n) is 34.9. The van der Waals surface area contributed by atoms with E-state index in [-0.39, 0.29) is 0 Å². The Kier molecular flexibility index (Phi) is 10.2. The average molecular weight is 817 g/mol. The van der Waals surface area contributed by atoms with Crippen LogP contribution in [-0.2, 0) is 0 Å². The van der Waals surface area contributed by atoms with Crippen molar-refractivity contribution in [1.82, 2.24) is 19.9 Å². The normalized spacial score (nSPS) is 11.1. The van der Waals surface area contributed by atoms with Crippen LogP contribution in [0.25, 0.3) is 112 Å². The maximum atomic E-state index is 5.35. The molecule has 0 atom stereocenters. The number of pyridine rings is 1. The van der Waals surface area contributed by atoms with Crippen LogP contribution in [-0.4, -0.2) is 19.9 Å². The van der Waals surface area contributed by atoms with Crippen molar-refractivity contribution in [2.24, 2.45) is 0 Å². The summed E-state index contributed by atoms with van der Waals surface area (Å²) in [4.78, 5) is 21.2. The van der Waals surface area contributed by atoms with E-state index < -0.39 is 0 Å². The fraction of sp³-hybridized carbons (Fsp3) is 0. The van der Waals surface area contributed by atoms with Gasteiger partial charge >= 0.3 is 0 Å². The molecule has 0 saturated heterocycles. The molecule has 0 unspecified atom stereocenters. The maximum absolute atomic E-state index is 5.35.